The minimum absolute atomic E-state index is 0.179. The summed E-state index contributed by atoms with van der Waals surface area (Å²) in [6, 6.07) is 25.0. The van der Waals surface area contributed by atoms with Gasteiger partial charge in [-0.05, 0) is 78.6 Å². The lowest BCUT2D eigenvalue weighted by Crippen LogP contribution is -2.49. The molecule has 3 heteroatoms. The first-order valence-corrected chi connectivity index (χ1v) is 13.7. The fraction of sp³-hybridized carbons (Fsp3) is 0.382. The van der Waals surface area contributed by atoms with E-state index in [-0.39, 0.29) is 18.6 Å². The van der Waals surface area contributed by atoms with Crippen LogP contribution in [0.2, 0.25) is 0 Å². The molecular formula is C34H40NO2+. The van der Waals surface area contributed by atoms with Gasteiger partial charge in [0.2, 0.25) is 11.2 Å². The number of benzene rings is 3. The maximum Gasteiger partial charge on any atom is 0.213 e. The number of hydrogen-bond donors (Lipinski definition) is 1. The van der Waals surface area contributed by atoms with Crippen molar-refractivity contribution < 1.29 is 14.4 Å². The van der Waals surface area contributed by atoms with Crippen LogP contribution in [0.25, 0.3) is 33.3 Å². The number of methoxy groups -OCH3 is 1. The molecule has 0 amide bonds. The molecule has 37 heavy (non-hydrogen) atoms. The first kappa shape index (κ1) is 25.6. The van der Waals surface area contributed by atoms with E-state index in [0.29, 0.717) is 12.5 Å². The van der Waals surface area contributed by atoms with Crippen LogP contribution in [0.5, 0.6) is 0 Å². The molecule has 0 aliphatic carbocycles. The van der Waals surface area contributed by atoms with Crippen LogP contribution in [0.15, 0.2) is 66.7 Å². The molecule has 2 unspecified atom stereocenters. The van der Waals surface area contributed by atoms with Gasteiger partial charge in [0.25, 0.3) is 0 Å². The highest BCUT2D eigenvalue weighted by atomic mass is 16.5. The quantitative estimate of drug-likeness (QED) is 0.260. The van der Waals surface area contributed by atoms with Crippen molar-refractivity contribution in [1.82, 2.24) is 0 Å². The van der Waals surface area contributed by atoms with E-state index in [9.17, 15) is 5.11 Å². The molecule has 0 saturated heterocycles. The highest BCUT2D eigenvalue weighted by Crippen LogP contribution is 2.45. The van der Waals surface area contributed by atoms with E-state index in [2.05, 4.69) is 99.0 Å². The topological polar surface area (TPSA) is 33.3 Å². The molecule has 192 valence electrons. The monoisotopic (exact) mass is 494 g/mol. The third kappa shape index (κ3) is 4.83. The number of rotatable bonds is 8. The number of ether oxygens (including phenoxy) is 1. The third-order valence-electron chi connectivity index (χ3n) is 7.94. The van der Waals surface area contributed by atoms with Gasteiger partial charge in [0.05, 0.1) is 17.6 Å². The Balaban J connectivity index is 1.85. The Hall–Kier alpha value is -3.01. The number of pyridine rings is 1. The molecule has 1 aromatic heterocycles. The molecule has 2 atom stereocenters. The van der Waals surface area contributed by atoms with Gasteiger partial charge in [0.15, 0.2) is 6.04 Å². The van der Waals surface area contributed by atoms with E-state index >= 15 is 0 Å². The Morgan fingerprint density at radius 1 is 0.919 bits per heavy atom. The van der Waals surface area contributed by atoms with Crippen molar-refractivity contribution in [3.8, 4) is 22.4 Å². The van der Waals surface area contributed by atoms with Crippen LogP contribution in [0.1, 0.15) is 60.9 Å². The fourth-order valence-corrected chi connectivity index (χ4v) is 6.53. The summed E-state index contributed by atoms with van der Waals surface area (Å²) < 4.78 is 8.19. The first-order chi connectivity index (χ1) is 17.9. The van der Waals surface area contributed by atoms with Crippen molar-refractivity contribution in [3.05, 3.63) is 89.0 Å². The minimum Gasteiger partial charge on any atom is -0.396 e. The smallest absolute Gasteiger partial charge is 0.213 e. The molecule has 1 aliphatic heterocycles. The number of nitrogens with zero attached hydrogens (tertiary/aromatic N) is 1. The summed E-state index contributed by atoms with van der Waals surface area (Å²) in [5.74, 6) is 0.793. The van der Waals surface area contributed by atoms with Gasteiger partial charge in [-0.15, -0.1) is 0 Å². The Bertz CT molecular complexity index is 1410. The molecule has 3 aromatic carbocycles. The Kier molecular flexibility index (Phi) is 7.46. The van der Waals surface area contributed by atoms with Gasteiger partial charge in [-0.1, -0.05) is 55.8 Å². The number of aryl methyl sites for hydroxylation is 2. The molecule has 2 heterocycles. The number of aliphatic hydroxyl groups excluding tert-OH is 1. The third-order valence-corrected chi connectivity index (χ3v) is 7.94. The van der Waals surface area contributed by atoms with E-state index in [1.54, 1.807) is 7.11 Å². The van der Waals surface area contributed by atoms with Gasteiger partial charge in [-0.2, -0.15) is 4.57 Å². The molecule has 0 bridgehead atoms. The Morgan fingerprint density at radius 2 is 1.70 bits per heavy atom. The molecule has 1 N–H and O–H groups in total. The summed E-state index contributed by atoms with van der Waals surface area (Å²) in [6.45, 7) is 9.91. The standard InChI is InChI=1S/C34H40NO2/c1-22(2)17-27-21-33-30-19-23(3)18-24(4)34(30)28(13-15-36)32(14-16-37-5)35(33)31-12-11-26(20-29(27)31)25-9-7-6-8-10-25/h6-12,18-22,28,32,36H,13-17H2,1-5H3/q+1. The molecule has 0 spiro atoms. The number of fused-ring (bicyclic) bond motifs is 5. The molecule has 0 saturated carbocycles. The van der Waals surface area contributed by atoms with Crippen molar-refractivity contribution >= 4 is 10.9 Å². The summed E-state index contributed by atoms with van der Waals surface area (Å²) in [5.41, 5.74) is 11.8. The van der Waals surface area contributed by atoms with Crippen LogP contribution in [0.3, 0.4) is 0 Å². The van der Waals surface area contributed by atoms with Crippen LogP contribution >= 0.6 is 0 Å². The lowest BCUT2D eigenvalue weighted by atomic mass is 9.76. The van der Waals surface area contributed by atoms with Crippen LogP contribution in [0.4, 0.5) is 0 Å². The van der Waals surface area contributed by atoms with Crippen molar-refractivity contribution in [3.63, 3.8) is 0 Å². The average molecular weight is 495 g/mol. The van der Waals surface area contributed by atoms with Gasteiger partial charge in [0, 0.05) is 38.2 Å². The average Bonchev–Trinajstić information content (AvgIpc) is 2.88. The van der Waals surface area contributed by atoms with E-state index in [1.807, 2.05) is 0 Å². The fourth-order valence-electron chi connectivity index (χ4n) is 6.53. The Labute approximate surface area is 221 Å². The molecule has 1 aliphatic rings. The van der Waals surface area contributed by atoms with Crippen molar-refractivity contribution in [1.29, 1.82) is 0 Å². The highest BCUT2D eigenvalue weighted by molar-refractivity contribution is 5.87. The van der Waals surface area contributed by atoms with Crippen molar-refractivity contribution in [2.45, 2.75) is 58.9 Å². The summed E-state index contributed by atoms with van der Waals surface area (Å²) in [5, 5.41) is 11.5. The van der Waals surface area contributed by atoms with Crippen LogP contribution in [-0.4, -0.2) is 25.4 Å². The van der Waals surface area contributed by atoms with E-state index in [0.717, 1.165) is 19.3 Å². The lowest BCUT2D eigenvalue weighted by Gasteiger charge is -2.33. The van der Waals surface area contributed by atoms with E-state index in [4.69, 9.17) is 4.74 Å². The Morgan fingerprint density at radius 3 is 2.41 bits per heavy atom. The summed E-state index contributed by atoms with van der Waals surface area (Å²) in [4.78, 5) is 0. The maximum atomic E-state index is 10.2. The zero-order valence-electron chi connectivity index (χ0n) is 22.9. The largest absolute Gasteiger partial charge is 0.396 e. The minimum atomic E-state index is 0.179. The maximum absolute atomic E-state index is 10.2. The first-order valence-electron chi connectivity index (χ1n) is 13.7. The van der Waals surface area contributed by atoms with Crippen LogP contribution < -0.4 is 4.57 Å². The SMILES string of the molecule is COCCC1C(CCO)c2c(C)cc(C)cc2-c2cc(CC(C)C)c3cc(-c4ccccc4)ccc3[n+]21. The summed E-state index contributed by atoms with van der Waals surface area (Å²) in [7, 11) is 1.79. The van der Waals surface area contributed by atoms with Gasteiger partial charge in [0.1, 0.15) is 0 Å². The number of hydrogen-bond acceptors (Lipinski definition) is 2. The summed E-state index contributed by atoms with van der Waals surface area (Å²) >= 11 is 0. The zero-order chi connectivity index (χ0) is 26.1. The second-order valence-corrected chi connectivity index (χ2v) is 11.1. The van der Waals surface area contributed by atoms with Crippen LogP contribution in [-0.2, 0) is 11.2 Å². The number of aliphatic hydroxyl groups is 1. The highest BCUT2D eigenvalue weighted by Gasteiger charge is 2.42. The number of aromatic nitrogens is 1. The second kappa shape index (κ2) is 10.8. The predicted molar refractivity (Wildman–Crippen MR) is 153 cm³/mol. The molecule has 0 radical (unpaired) electrons. The predicted octanol–water partition coefficient (Wildman–Crippen LogP) is 7.33. The lowest BCUT2D eigenvalue weighted by molar-refractivity contribution is -0.695. The van der Waals surface area contributed by atoms with Gasteiger partial charge in [-0.3, -0.25) is 0 Å². The van der Waals surface area contributed by atoms with E-state index < -0.39 is 0 Å². The zero-order valence-corrected chi connectivity index (χ0v) is 22.9. The van der Waals surface area contributed by atoms with E-state index in [1.165, 1.54) is 55.5 Å². The van der Waals surface area contributed by atoms with Gasteiger partial charge >= 0.3 is 0 Å². The molecule has 0 fully saturated rings. The van der Waals surface area contributed by atoms with Gasteiger partial charge in [-0.25, -0.2) is 0 Å². The summed E-state index contributed by atoms with van der Waals surface area (Å²) in [6.07, 6.45) is 2.69. The van der Waals surface area contributed by atoms with Crippen molar-refractivity contribution in [2.24, 2.45) is 5.92 Å². The molecule has 3 nitrogen and oxygen atoms in total. The van der Waals surface area contributed by atoms with Crippen LogP contribution in [0, 0.1) is 19.8 Å². The second-order valence-electron chi connectivity index (χ2n) is 11.1. The molecular weight excluding hydrogens is 454 g/mol. The van der Waals surface area contributed by atoms with Gasteiger partial charge < -0.3 is 9.84 Å². The normalized spacial score (nSPS) is 16.7. The van der Waals surface area contributed by atoms with Crippen molar-refractivity contribution in [2.75, 3.05) is 20.3 Å². The molecule has 5 rings (SSSR count). The molecule has 4 aromatic rings.